The van der Waals surface area contributed by atoms with Gasteiger partial charge in [-0.3, -0.25) is 43.4 Å². The smallest absolute Gasteiger partial charge is 0.668 e. The molecule has 0 spiro atoms. The van der Waals surface area contributed by atoms with Crippen LogP contribution in [-0.4, -0.2) is 101 Å². The molecule has 3 heterocycles. The van der Waals surface area contributed by atoms with Crippen LogP contribution in [0.4, 0.5) is 4.79 Å². The van der Waals surface area contributed by atoms with Gasteiger partial charge in [0.1, 0.15) is 0 Å². The van der Waals surface area contributed by atoms with Gasteiger partial charge in [-0.2, -0.15) is 0 Å². The number of fused-ring (bicyclic) bond motifs is 2. The minimum absolute atomic E-state index is 0. The summed E-state index contributed by atoms with van der Waals surface area (Å²) in [7, 11) is 4.18. The standard InChI is InChI=1S/C26H36N2O3.C10H10NO2P.C9H15NO.C8H7ClO.C6H18NSi2.CH4B2.Li/c1-18-14-16-19(17-15-18)24(29)27-22-12-8-4-2-6-10-20(22)25(30)28-23-13-9-5-3-7-11-21(23)26(28)31;12-9-6-8(11(9)10(13)14)7-4-2-1-3-5-7;11-9-7-5-3-1-2-4-6-8(7)10-9;1-6-2-4-7(5-3-6)8(9)10;1-8(2,3)7-9(4,5)6;1-3-2;/h14-17,20-23H,2-13H2,1H3,(H,27,29);1-5,8H,6,14H2;7-8H,1-6H2,(H,10,11);2-5H,1H3;1-6H3;3H,1H3;/q;;;;-1;;+1/t20-,21-,22+,23+;;7-,8+;;;;/m1.1..../s1/i;;;;;3T;. The van der Waals surface area contributed by atoms with Crippen LogP contribution >= 0.6 is 20.8 Å². The van der Waals surface area contributed by atoms with E-state index in [-0.39, 0.29) is 78.1 Å². The minimum atomic E-state index is -1.11. The molecule has 2 N–H and O–H groups in total. The molecule has 0 aromatic heterocycles. The summed E-state index contributed by atoms with van der Waals surface area (Å²) in [5.41, 5.74) is 4.17. The molecule has 6 fully saturated rings. The van der Waals surface area contributed by atoms with Crippen LogP contribution in [-0.2, 0) is 19.2 Å². The van der Waals surface area contributed by atoms with Crippen LogP contribution < -0.4 is 29.5 Å². The summed E-state index contributed by atoms with van der Waals surface area (Å²) >= 11 is 5.22. The summed E-state index contributed by atoms with van der Waals surface area (Å²) in [5, 5.41) is 5.74. The van der Waals surface area contributed by atoms with E-state index < -0.39 is 28.8 Å². The molecule has 2 radical (unpaired) electrons. The van der Waals surface area contributed by atoms with Gasteiger partial charge in [-0.1, -0.05) is 205 Å². The maximum Gasteiger partial charge on any atom is 1.00 e. The van der Waals surface area contributed by atoms with Crippen LogP contribution in [0.15, 0.2) is 78.9 Å². The average molecular weight is 1150 g/mol. The van der Waals surface area contributed by atoms with Gasteiger partial charge >= 0.3 is 18.9 Å². The minimum Gasteiger partial charge on any atom is -0.668 e. The molecule has 12 nitrogen and oxygen atoms in total. The van der Waals surface area contributed by atoms with E-state index in [1.807, 2.05) is 89.8 Å². The molecular weight excluding hydrogens is 1050 g/mol. The first-order chi connectivity index (χ1) is 37.3. The summed E-state index contributed by atoms with van der Waals surface area (Å²) in [6.45, 7) is 19.4. The number of benzene rings is 3. The predicted octanol–water partition coefficient (Wildman–Crippen LogP) is 10.1. The predicted molar refractivity (Wildman–Crippen MR) is 330 cm³/mol. The first kappa shape index (κ1) is 67.9. The normalized spacial score (nSPS) is 23.6. The van der Waals surface area contributed by atoms with Gasteiger partial charge in [0.15, 0.2) is 0 Å². The van der Waals surface area contributed by atoms with E-state index in [4.69, 9.17) is 25.3 Å². The number of rotatable bonds is 7. The van der Waals surface area contributed by atoms with Crippen LogP contribution in [0.5, 0.6) is 0 Å². The Hall–Kier alpha value is -3.61. The fourth-order valence-corrected chi connectivity index (χ4v) is 19.7. The first-order valence-corrected chi connectivity index (χ1v) is 36.5. The molecule has 3 saturated carbocycles. The van der Waals surface area contributed by atoms with Crippen molar-refractivity contribution in [2.45, 2.75) is 206 Å². The Morgan fingerprint density at radius 1 is 0.684 bits per heavy atom. The Morgan fingerprint density at radius 3 is 1.62 bits per heavy atom. The number of β-lactam (4-membered cyclic amide) rings is 3. The molecule has 8 atom stereocenters. The van der Waals surface area contributed by atoms with Gasteiger partial charge < -0.3 is 15.3 Å². The molecule has 3 aromatic carbocycles. The second-order valence-electron chi connectivity index (χ2n) is 23.6. The number of carbonyl (C=O) groups is 7. The number of hydrogen-bond acceptors (Lipinski definition) is 7. The van der Waals surface area contributed by atoms with Gasteiger partial charge in [0.05, 0.1) is 43.4 Å². The molecule has 79 heavy (non-hydrogen) atoms. The SMILES string of the molecule is C[Si](C)(C)[N-][Si](C)(C)C.Cc1ccc(C(=O)Cl)cc1.Cc1ccc(C(=O)N[C@H]2CCCCCC[C@H]2C(=O)N2C(=O)[C@@H]3CCCCCC[C@@H]32)cc1.O=C(P)N1C(=O)CC1c1ccccc1.O=C1N[C@H]2CCCCCC[C@@H]12.[3H]B([B])C.[Li+]. The third kappa shape index (κ3) is 23.3. The van der Waals surface area contributed by atoms with Gasteiger partial charge in [0.25, 0.3) is 11.1 Å². The van der Waals surface area contributed by atoms with Gasteiger partial charge in [-0.15, -0.1) is 0 Å². The Morgan fingerprint density at radius 2 is 1.15 bits per heavy atom. The van der Waals surface area contributed by atoms with E-state index in [2.05, 4.69) is 49.9 Å². The number of aryl methyl sites for hydroxylation is 2. The van der Waals surface area contributed by atoms with E-state index in [0.29, 0.717) is 35.4 Å². The molecule has 19 heteroatoms. The van der Waals surface area contributed by atoms with Gasteiger partial charge in [0, 0.05) is 30.9 Å². The fourth-order valence-electron chi connectivity index (χ4n) is 11.2. The number of halogens is 1. The van der Waals surface area contributed by atoms with Crippen molar-refractivity contribution < 1.29 is 52.4 Å². The monoisotopic (exact) mass is 1150 g/mol. The zero-order valence-electron chi connectivity index (χ0n) is 50.3. The Kier molecular flexibility index (Phi) is 29.9. The van der Waals surface area contributed by atoms with Crippen molar-refractivity contribution in [2.75, 3.05) is 0 Å². The van der Waals surface area contributed by atoms with Crippen LogP contribution in [0, 0.1) is 31.6 Å². The van der Waals surface area contributed by atoms with Crippen LogP contribution in [0.3, 0.4) is 0 Å². The number of amides is 6. The van der Waals surface area contributed by atoms with Crippen molar-refractivity contribution >= 4 is 92.6 Å². The van der Waals surface area contributed by atoms with E-state index in [1.54, 1.807) is 23.9 Å². The number of likely N-dealkylation sites (tertiary alicyclic amines) is 2. The Balaban J connectivity index is 0.000000285. The first-order valence-electron chi connectivity index (χ1n) is 29.2. The molecule has 6 aliphatic rings. The van der Waals surface area contributed by atoms with Crippen molar-refractivity contribution in [3.05, 3.63) is 111 Å². The van der Waals surface area contributed by atoms with E-state index in [9.17, 15) is 33.6 Å². The zero-order chi connectivity index (χ0) is 58.5. The number of nitrogens with one attached hydrogen (secondary N) is 2. The van der Waals surface area contributed by atoms with Gasteiger partial charge in [-0.25, -0.2) is 0 Å². The van der Waals surface area contributed by atoms with E-state index >= 15 is 0 Å². The van der Waals surface area contributed by atoms with Crippen molar-refractivity contribution in [1.29, 1.82) is 1.34 Å². The molecule has 0 bridgehead atoms. The van der Waals surface area contributed by atoms with E-state index in [0.717, 1.165) is 87.3 Å². The molecule has 3 aliphatic heterocycles. The summed E-state index contributed by atoms with van der Waals surface area (Å²) < 4.78 is 11.2. The molecule has 6 amide bonds. The second kappa shape index (κ2) is 34.7. The molecule has 3 aliphatic carbocycles. The molecule has 2 unspecified atom stereocenters. The van der Waals surface area contributed by atoms with Crippen LogP contribution in [0.1, 0.15) is 165 Å². The number of hydrogen-bond donors (Lipinski definition) is 2. The van der Waals surface area contributed by atoms with Gasteiger partial charge in [0.2, 0.25) is 29.3 Å². The van der Waals surface area contributed by atoms with Crippen molar-refractivity contribution in [3.63, 3.8) is 0 Å². The average Bonchev–Trinajstić information content (AvgIpc) is 3.38. The maximum atomic E-state index is 13.6. The molecule has 3 saturated heterocycles. The largest absolute Gasteiger partial charge is 1.00 e. The van der Waals surface area contributed by atoms with Gasteiger partial charge in [-0.05, 0) is 104 Å². The summed E-state index contributed by atoms with van der Waals surface area (Å²) in [4.78, 5) is 86.1. The number of imide groups is 2. The Labute approximate surface area is 498 Å². The maximum absolute atomic E-state index is 13.6. The fraction of sp³-hybridized carbons (Fsp3) is 0.583. The number of nitrogens with zero attached hydrogens (tertiary/aromatic N) is 3. The molecule has 424 valence electrons. The third-order valence-electron chi connectivity index (χ3n) is 14.8. The summed E-state index contributed by atoms with van der Waals surface area (Å²) in [6.07, 6.45) is 20.2. The third-order valence-corrected chi connectivity index (χ3v) is 20.7. The van der Waals surface area contributed by atoms with Crippen LogP contribution in [0.2, 0.25) is 46.1 Å². The number of carbonyl (C=O) groups excluding carboxylic acids is 7. The topological polar surface area (TPSA) is 164 Å². The zero-order valence-corrected chi connectivity index (χ0v) is 53.2. The van der Waals surface area contributed by atoms with Crippen molar-refractivity contribution in [3.8, 4) is 0 Å². The van der Waals surface area contributed by atoms with E-state index in [1.165, 1.54) is 49.8 Å². The molecule has 9 rings (SSSR count). The Bertz CT molecular complexity index is 2440. The van der Waals surface area contributed by atoms with Crippen molar-refractivity contribution in [1.82, 2.24) is 20.4 Å². The summed E-state index contributed by atoms with van der Waals surface area (Å²) in [6, 6.07) is 24.6. The quantitative estimate of drug-likeness (QED) is 0.0782. The molecule has 3 aromatic rings. The molecular formula is C60H90B2ClLiN5O7PSi2. The second-order valence-corrected chi connectivity index (χ2v) is 34.0. The van der Waals surface area contributed by atoms with Crippen LogP contribution in [0.25, 0.3) is 4.65 Å². The van der Waals surface area contributed by atoms with Crippen molar-refractivity contribution in [2.24, 2.45) is 17.8 Å². The summed E-state index contributed by atoms with van der Waals surface area (Å²) in [5.74, 6) is 0.196.